The van der Waals surface area contributed by atoms with E-state index in [2.05, 4.69) is 5.32 Å². The van der Waals surface area contributed by atoms with Gasteiger partial charge in [-0.1, -0.05) is 31.5 Å². The van der Waals surface area contributed by atoms with Gasteiger partial charge in [-0.2, -0.15) is 0 Å². The van der Waals surface area contributed by atoms with Gasteiger partial charge in [-0.05, 0) is 24.5 Å². The topological polar surface area (TPSA) is 83.5 Å². The van der Waals surface area contributed by atoms with Gasteiger partial charge in [0, 0.05) is 19.6 Å². The summed E-state index contributed by atoms with van der Waals surface area (Å²) in [6.07, 6.45) is 1.45. The molecule has 0 aliphatic rings. The van der Waals surface area contributed by atoms with Crippen LogP contribution in [0.4, 0.5) is 0 Å². The van der Waals surface area contributed by atoms with Gasteiger partial charge in [-0.15, -0.1) is 0 Å². The fourth-order valence-electron chi connectivity index (χ4n) is 1.95. The van der Waals surface area contributed by atoms with Crippen LogP contribution < -0.4 is 5.32 Å². The van der Waals surface area contributed by atoms with Crippen molar-refractivity contribution in [3.05, 3.63) is 30.3 Å². The Balaban J connectivity index is 2.43. The van der Waals surface area contributed by atoms with E-state index in [1.165, 1.54) is 12.1 Å². The van der Waals surface area contributed by atoms with Gasteiger partial charge in [-0.25, -0.2) is 8.42 Å². The standard InChI is InChI=1S/C15H23NO4S/c1-2-13(8-10-17)12-16-15(18)9-11-21(19,20)14-6-4-3-5-7-14/h3-7,13,17H,2,8-12H2,1H3,(H,16,18). The summed E-state index contributed by atoms with van der Waals surface area (Å²) in [7, 11) is -3.41. The number of hydrogen-bond acceptors (Lipinski definition) is 4. The van der Waals surface area contributed by atoms with Gasteiger partial charge < -0.3 is 10.4 Å². The third kappa shape index (κ3) is 6.27. The van der Waals surface area contributed by atoms with Crippen LogP contribution >= 0.6 is 0 Å². The second kappa shape index (κ2) is 8.79. The predicted molar refractivity (Wildman–Crippen MR) is 81.6 cm³/mol. The first-order valence-electron chi connectivity index (χ1n) is 7.15. The first kappa shape index (κ1) is 17.7. The summed E-state index contributed by atoms with van der Waals surface area (Å²) in [5.74, 6) is -0.241. The number of sulfone groups is 1. The molecule has 0 radical (unpaired) electrons. The molecule has 0 saturated heterocycles. The van der Waals surface area contributed by atoms with E-state index in [4.69, 9.17) is 5.11 Å². The molecule has 0 saturated carbocycles. The van der Waals surface area contributed by atoms with Crippen LogP contribution in [0.25, 0.3) is 0 Å². The molecule has 1 aromatic carbocycles. The van der Waals surface area contributed by atoms with Crippen molar-refractivity contribution in [1.29, 1.82) is 0 Å². The van der Waals surface area contributed by atoms with Gasteiger partial charge in [0.2, 0.25) is 5.91 Å². The number of carbonyl (C=O) groups is 1. The van der Waals surface area contributed by atoms with E-state index in [0.29, 0.717) is 13.0 Å². The Labute approximate surface area is 126 Å². The van der Waals surface area contributed by atoms with E-state index in [1.807, 2.05) is 6.92 Å². The van der Waals surface area contributed by atoms with Crippen LogP contribution in [-0.2, 0) is 14.6 Å². The summed E-state index contributed by atoms with van der Waals surface area (Å²) in [4.78, 5) is 11.9. The van der Waals surface area contributed by atoms with E-state index < -0.39 is 9.84 Å². The molecule has 6 heteroatoms. The molecule has 0 aliphatic heterocycles. The van der Waals surface area contributed by atoms with Crippen LogP contribution in [0.15, 0.2) is 35.2 Å². The Bertz CT molecular complexity index is 528. The van der Waals surface area contributed by atoms with Crippen LogP contribution in [0.2, 0.25) is 0 Å². The molecule has 0 aromatic heterocycles. The quantitative estimate of drug-likeness (QED) is 0.721. The first-order chi connectivity index (χ1) is 9.99. The highest BCUT2D eigenvalue weighted by Gasteiger charge is 2.16. The lowest BCUT2D eigenvalue weighted by Crippen LogP contribution is -2.30. The van der Waals surface area contributed by atoms with Gasteiger partial charge in [-0.3, -0.25) is 4.79 Å². The van der Waals surface area contributed by atoms with Crippen LogP contribution in [-0.4, -0.2) is 38.3 Å². The van der Waals surface area contributed by atoms with Crippen molar-refractivity contribution >= 4 is 15.7 Å². The molecule has 0 bridgehead atoms. The molecule has 118 valence electrons. The third-order valence-corrected chi connectivity index (χ3v) is 5.13. The zero-order valence-corrected chi connectivity index (χ0v) is 13.1. The Morgan fingerprint density at radius 1 is 1.29 bits per heavy atom. The Morgan fingerprint density at radius 2 is 1.95 bits per heavy atom. The minimum absolute atomic E-state index is 0.0488. The van der Waals surface area contributed by atoms with Gasteiger partial charge >= 0.3 is 0 Å². The monoisotopic (exact) mass is 313 g/mol. The number of carbonyl (C=O) groups excluding carboxylic acids is 1. The van der Waals surface area contributed by atoms with Crippen molar-refractivity contribution in [3.63, 3.8) is 0 Å². The first-order valence-corrected chi connectivity index (χ1v) is 8.80. The normalized spacial score (nSPS) is 12.9. The number of nitrogens with one attached hydrogen (secondary N) is 1. The summed E-state index contributed by atoms with van der Waals surface area (Å²) in [5.41, 5.74) is 0. The number of amides is 1. The van der Waals surface area contributed by atoms with E-state index in [1.54, 1.807) is 18.2 Å². The van der Waals surface area contributed by atoms with Gasteiger partial charge in [0.05, 0.1) is 10.6 Å². The second-order valence-corrected chi connectivity index (χ2v) is 7.08. The van der Waals surface area contributed by atoms with Gasteiger partial charge in [0.15, 0.2) is 9.84 Å². The van der Waals surface area contributed by atoms with Crippen molar-refractivity contribution in [2.24, 2.45) is 5.92 Å². The molecule has 1 unspecified atom stereocenters. The third-order valence-electron chi connectivity index (χ3n) is 3.40. The maximum Gasteiger partial charge on any atom is 0.221 e. The van der Waals surface area contributed by atoms with Crippen molar-refractivity contribution in [2.75, 3.05) is 18.9 Å². The number of rotatable bonds is 9. The lowest BCUT2D eigenvalue weighted by molar-refractivity contribution is -0.120. The summed E-state index contributed by atoms with van der Waals surface area (Å²) >= 11 is 0. The summed E-state index contributed by atoms with van der Waals surface area (Å²) in [6.45, 7) is 2.56. The average Bonchev–Trinajstić information content (AvgIpc) is 2.50. The van der Waals surface area contributed by atoms with E-state index in [-0.39, 0.29) is 35.5 Å². The van der Waals surface area contributed by atoms with E-state index in [9.17, 15) is 13.2 Å². The summed E-state index contributed by atoms with van der Waals surface area (Å²) in [6, 6.07) is 8.13. The number of benzene rings is 1. The highest BCUT2D eigenvalue weighted by molar-refractivity contribution is 7.91. The van der Waals surface area contributed by atoms with Crippen molar-refractivity contribution in [3.8, 4) is 0 Å². The Morgan fingerprint density at radius 3 is 2.52 bits per heavy atom. The average molecular weight is 313 g/mol. The fourth-order valence-corrected chi connectivity index (χ4v) is 3.21. The molecule has 0 spiro atoms. The number of aliphatic hydroxyl groups excluding tert-OH is 1. The fraction of sp³-hybridized carbons (Fsp3) is 0.533. The van der Waals surface area contributed by atoms with Crippen molar-refractivity contribution in [2.45, 2.75) is 31.1 Å². The molecule has 5 nitrogen and oxygen atoms in total. The highest BCUT2D eigenvalue weighted by Crippen LogP contribution is 2.11. The predicted octanol–water partition coefficient (Wildman–Crippen LogP) is 1.38. The molecule has 0 fully saturated rings. The molecule has 1 aromatic rings. The minimum Gasteiger partial charge on any atom is -0.396 e. The lowest BCUT2D eigenvalue weighted by Gasteiger charge is -2.14. The van der Waals surface area contributed by atoms with Crippen LogP contribution in [0.5, 0.6) is 0 Å². The molecule has 1 rings (SSSR count). The molecule has 21 heavy (non-hydrogen) atoms. The Hall–Kier alpha value is -1.40. The second-order valence-electron chi connectivity index (χ2n) is 4.97. The minimum atomic E-state index is -3.41. The molecule has 1 atom stereocenters. The van der Waals surface area contributed by atoms with E-state index >= 15 is 0 Å². The number of hydrogen-bond donors (Lipinski definition) is 2. The maximum absolute atomic E-state index is 12.0. The number of aliphatic hydroxyl groups is 1. The van der Waals surface area contributed by atoms with Crippen molar-refractivity contribution in [1.82, 2.24) is 5.32 Å². The summed E-state index contributed by atoms with van der Waals surface area (Å²) in [5, 5.41) is 11.6. The van der Waals surface area contributed by atoms with Gasteiger partial charge in [0.25, 0.3) is 0 Å². The molecule has 2 N–H and O–H groups in total. The smallest absolute Gasteiger partial charge is 0.221 e. The van der Waals surface area contributed by atoms with Crippen LogP contribution in [0, 0.1) is 5.92 Å². The SMILES string of the molecule is CCC(CCO)CNC(=O)CCS(=O)(=O)c1ccccc1. The molecular weight excluding hydrogens is 290 g/mol. The Kier molecular flexibility index (Phi) is 7.39. The molecule has 0 aliphatic carbocycles. The molecule has 1 amide bonds. The largest absolute Gasteiger partial charge is 0.396 e. The van der Waals surface area contributed by atoms with E-state index in [0.717, 1.165) is 6.42 Å². The highest BCUT2D eigenvalue weighted by atomic mass is 32.2. The molecule has 0 heterocycles. The summed E-state index contributed by atoms with van der Waals surface area (Å²) < 4.78 is 24.0. The lowest BCUT2D eigenvalue weighted by atomic mass is 10.0. The zero-order valence-electron chi connectivity index (χ0n) is 12.3. The van der Waals surface area contributed by atoms with Crippen LogP contribution in [0.1, 0.15) is 26.2 Å². The van der Waals surface area contributed by atoms with Crippen molar-refractivity contribution < 1.29 is 18.3 Å². The van der Waals surface area contributed by atoms with Gasteiger partial charge in [0.1, 0.15) is 0 Å². The zero-order chi connectivity index (χ0) is 15.7. The van der Waals surface area contributed by atoms with Crippen LogP contribution in [0.3, 0.4) is 0 Å². The maximum atomic E-state index is 12.0. The molecular formula is C15H23NO4S.